The first-order valence-electron chi connectivity index (χ1n) is 4.81. The lowest BCUT2D eigenvalue weighted by Crippen LogP contribution is -2.31. The Morgan fingerprint density at radius 3 is 2.62 bits per heavy atom. The molecule has 0 spiro atoms. The second kappa shape index (κ2) is 4.25. The molecule has 0 saturated heterocycles. The lowest BCUT2D eigenvalue weighted by atomic mass is 9.98. The highest BCUT2D eigenvalue weighted by atomic mass is 32.1. The highest BCUT2D eigenvalue weighted by molar-refractivity contribution is 7.10. The highest BCUT2D eigenvalue weighted by Gasteiger charge is 2.10. The highest BCUT2D eigenvalue weighted by Crippen LogP contribution is 2.19. The van der Waals surface area contributed by atoms with Crippen molar-refractivity contribution >= 4 is 11.3 Å². The molecule has 1 aromatic heterocycles. The number of rotatable bonds is 4. The number of hydrogen-bond donors (Lipinski definition) is 1. The van der Waals surface area contributed by atoms with Crippen LogP contribution in [0.2, 0.25) is 0 Å². The van der Waals surface area contributed by atoms with Gasteiger partial charge in [0.25, 0.3) is 0 Å². The van der Waals surface area contributed by atoms with Gasteiger partial charge in [-0.15, -0.1) is 11.3 Å². The van der Waals surface area contributed by atoms with E-state index in [4.69, 9.17) is 5.73 Å². The van der Waals surface area contributed by atoms with Crippen LogP contribution in [0, 0.1) is 6.92 Å². The molecule has 0 aliphatic rings. The van der Waals surface area contributed by atoms with Crippen molar-refractivity contribution in [3.05, 3.63) is 21.9 Å². The van der Waals surface area contributed by atoms with Gasteiger partial charge in [0.05, 0.1) is 0 Å². The predicted molar refractivity (Wildman–Crippen MR) is 60.3 cm³/mol. The third-order valence-electron chi connectivity index (χ3n) is 2.19. The average molecular weight is 197 g/mol. The summed E-state index contributed by atoms with van der Waals surface area (Å²) in [6.45, 7) is 6.36. The molecule has 1 rings (SSSR count). The lowest BCUT2D eigenvalue weighted by molar-refractivity contribution is 0.460. The van der Waals surface area contributed by atoms with E-state index in [2.05, 4.69) is 32.2 Å². The molecule has 2 heteroatoms. The summed E-state index contributed by atoms with van der Waals surface area (Å²) < 4.78 is 0. The van der Waals surface area contributed by atoms with Gasteiger partial charge in [0.2, 0.25) is 0 Å². The van der Waals surface area contributed by atoms with Crippen LogP contribution in [-0.2, 0) is 6.42 Å². The standard InChI is InChI=1S/C11H19NS/c1-9-6-8-13-10(9)5-4-7-11(2,3)12/h6,8H,4-5,7,12H2,1-3H3. The van der Waals surface area contributed by atoms with Crippen LogP contribution >= 0.6 is 11.3 Å². The Balaban J connectivity index is 2.32. The summed E-state index contributed by atoms with van der Waals surface area (Å²) in [4.78, 5) is 1.52. The Labute approximate surface area is 85.0 Å². The molecule has 0 aliphatic heterocycles. The Kier molecular flexibility index (Phi) is 3.51. The Bertz CT molecular complexity index is 257. The second-order valence-corrected chi connectivity index (χ2v) is 5.37. The molecule has 1 heterocycles. The first kappa shape index (κ1) is 10.7. The van der Waals surface area contributed by atoms with E-state index in [9.17, 15) is 0 Å². The zero-order chi connectivity index (χ0) is 9.90. The Hall–Kier alpha value is -0.340. The van der Waals surface area contributed by atoms with Crippen LogP contribution in [0.15, 0.2) is 11.4 Å². The Morgan fingerprint density at radius 1 is 1.46 bits per heavy atom. The van der Waals surface area contributed by atoms with Gasteiger partial charge in [-0.1, -0.05) is 0 Å². The molecule has 0 atom stereocenters. The van der Waals surface area contributed by atoms with Gasteiger partial charge < -0.3 is 5.73 Å². The number of hydrogen-bond acceptors (Lipinski definition) is 2. The third-order valence-corrected chi connectivity index (χ3v) is 3.28. The molecule has 0 aliphatic carbocycles. The van der Waals surface area contributed by atoms with E-state index in [0.717, 1.165) is 6.42 Å². The predicted octanol–water partition coefficient (Wildman–Crippen LogP) is 3.12. The summed E-state index contributed by atoms with van der Waals surface area (Å²) >= 11 is 1.86. The maximum Gasteiger partial charge on any atom is 0.00971 e. The van der Waals surface area contributed by atoms with Crippen LogP contribution in [0.3, 0.4) is 0 Å². The van der Waals surface area contributed by atoms with Gasteiger partial charge in [-0.3, -0.25) is 0 Å². The SMILES string of the molecule is Cc1ccsc1CCCC(C)(C)N. The van der Waals surface area contributed by atoms with E-state index in [1.807, 2.05) is 11.3 Å². The summed E-state index contributed by atoms with van der Waals surface area (Å²) in [6.07, 6.45) is 3.49. The van der Waals surface area contributed by atoms with E-state index < -0.39 is 0 Å². The minimum absolute atomic E-state index is 0.00877. The zero-order valence-electron chi connectivity index (χ0n) is 8.76. The summed E-state index contributed by atoms with van der Waals surface area (Å²) in [5, 5.41) is 2.16. The van der Waals surface area contributed by atoms with Gasteiger partial charge in [0, 0.05) is 10.4 Å². The van der Waals surface area contributed by atoms with E-state index in [1.54, 1.807) is 0 Å². The maximum atomic E-state index is 5.92. The molecule has 0 radical (unpaired) electrons. The van der Waals surface area contributed by atoms with Crippen LogP contribution < -0.4 is 5.73 Å². The topological polar surface area (TPSA) is 26.0 Å². The van der Waals surface area contributed by atoms with Gasteiger partial charge in [-0.2, -0.15) is 0 Å². The van der Waals surface area contributed by atoms with Crippen molar-refractivity contribution in [3.63, 3.8) is 0 Å². The smallest absolute Gasteiger partial charge is 0.00971 e. The molecule has 0 unspecified atom stereocenters. The first-order valence-corrected chi connectivity index (χ1v) is 5.69. The zero-order valence-corrected chi connectivity index (χ0v) is 9.58. The molecule has 0 fully saturated rings. The van der Waals surface area contributed by atoms with E-state index in [0.29, 0.717) is 0 Å². The van der Waals surface area contributed by atoms with Gasteiger partial charge in [-0.25, -0.2) is 0 Å². The van der Waals surface area contributed by atoms with Crippen molar-refractivity contribution in [1.82, 2.24) is 0 Å². The molecule has 0 bridgehead atoms. The molecular formula is C11H19NS. The molecule has 0 saturated carbocycles. The third kappa shape index (κ3) is 3.92. The number of nitrogens with two attached hydrogens (primary N) is 1. The number of aryl methyl sites for hydroxylation is 2. The summed E-state index contributed by atoms with van der Waals surface area (Å²) in [5.41, 5.74) is 7.34. The van der Waals surface area contributed by atoms with Gasteiger partial charge in [0.1, 0.15) is 0 Å². The van der Waals surface area contributed by atoms with Crippen LogP contribution in [0.5, 0.6) is 0 Å². The largest absolute Gasteiger partial charge is 0.326 e. The van der Waals surface area contributed by atoms with Crippen LogP contribution in [0.1, 0.15) is 37.1 Å². The Morgan fingerprint density at radius 2 is 2.15 bits per heavy atom. The van der Waals surface area contributed by atoms with Gasteiger partial charge in [0.15, 0.2) is 0 Å². The molecule has 2 N–H and O–H groups in total. The monoisotopic (exact) mass is 197 g/mol. The first-order chi connectivity index (χ1) is 5.99. The van der Waals surface area contributed by atoms with Crippen LogP contribution in [-0.4, -0.2) is 5.54 Å². The number of thiophene rings is 1. The quantitative estimate of drug-likeness (QED) is 0.788. The minimum atomic E-state index is -0.00877. The molecule has 1 nitrogen and oxygen atoms in total. The average Bonchev–Trinajstić information content (AvgIpc) is 2.34. The molecular weight excluding hydrogens is 178 g/mol. The van der Waals surface area contributed by atoms with Crippen molar-refractivity contribution in [2.45, 2.75) is 45.6 Å². The molecule has 1 aromatic rings. The fraction of sp³-hybridized carbons (Fsp3) is 0.636. The van der Waals surface area contributed by atoms with Gasteiger partial charge in [-0.05, 0) is 57.0 Å². The molecule has 13 heavy (non-hydrogen) atoms. The molecule has 0 amide bonds. The fourth-order valence-corrected chi connectivity index (χ4v) is 2.32. The molecule has 74 valence electrons. The van der Waals surface area contributed by atoms with E-state index in [-0.39, 0.29) is 5.54 Å². The molecule has 0 aromatic carbocycles. The van der Waals surface area contributed by atoms with E-state index >= 15 is 0 Å². The van der Waals surface area contributed by atoms with Crippen molar-refractivity contribution in [2.24, 2.45) is 5.73 Å². The van der Waals surface area contributed by atoms with Gasteiger partial charge >= 0.3 is 0 Å². The van der Waals surface area contributed by atoms with E-state index in [1.165, 1.54) is 23.3 Å². The lowest BCUT2D eigenvalue weighted by Gasteiger charge is -2.17. The minimum Gasteiger partial charge on any atom is -0.326 e. The van der Waals surface area contributed by atoms with Crippen molar-refractivity contribution in [3.8, 4) is 0 Å². The van der Waals surface area contributed by atoms with Crippen LogP contribution in [0.4, 0.5) is 0 Å². The maximum absolute atomic E-state index is 5.92. The fourth-order valence-electron chi connectivity index (χ4n) is 1.36. The summed E-state index contributed by atoms with van der Waals surface area (Å²) in [7, 11) is 0. The van der Waals surface area contributed by atoms with Crippen LogP contribution in [0.25, 0.3) is 0 Å². The van der Waals surface area contributed by atoms with Crippen molar-refractivity contribution < 1.29 is 0 Å². The normalized spacial score (nSPS) is 12.0. The second-order valence-electron chi connectivity index (χ2n) is 4.37. The van der Waals surface area contributed by atoms with Crippen molar-refractivity contribution in [1.29, 1.82) is 0 Å². The summed E-state index contributed by atoms with van der Waals surface area (Å²) in [5.74, 6) is 0. The van der Waals surface area contributed by atoms with Crippen molar-refractivity contribution in [2.75, 3.05) is 0 Å². The summed E-state index contributed by atoms with van der Waals surface area (Å²) in [6, 6.07) is 2.19.